The van der Waals surface area contributed by atoms with Crippen LogP contribution in [0.5, 0.6) is 5.75 Å². The summed E-state index contributed by atoms with van der Waals surface area (Å²) in [5.41, 5.74) is 2.11. The number of nitrogens with one attached hydrogen (secondary N) is 1. The summed E-state index contributed by atoms with van der Waals surface area (Å²) in [5, 5.41) is 2.79. The molecule has 178 valence electrons. The summed E-state index contributed by atoms with van der Waals surface area (Å²) >= 11 is 14.0. The van der Waals surface area contributed by atoms with Crippen molar-refractivity contribution in [3.63, 3.8) is 0 Å². The number of hydrogen-bond donors (Lipinski definition) is 1. The lowest BCUT2D eigenvalue weighted by molar-refractivity contribution is -0.127. The Kier molecular flexibility index (Phi) is 8.33. The second-order valence-electron chi connectivity index (χ2n) is 7.38. The summed E-state index contributed by atoms with van der Waals surface area (Å²) in [6.07, 6.45) is 1.60. The topological polar surface area (TPSA) is 75.7 Å². The summed E-state index contributed by atoms with van der Waals surface area (Å²) in [4.78, 5) is 38.7. The van der Waals surface area contributed by atoms with Gasteiger partial charge in [-0.15, -0.1) is 0 Å². The molecule has 3 aromatic carbocycles. The minimum absolute atomic E-state index is 0.228. The number of carbonyl (C=O) groups excluding carboxylic acids is 3. The average Bonchev–Trinajstić information content (AvgIpc) is 3.07. The number of carbonyl (C=O) groups is 3. The van der Waals surface area contributed by atoms with E-state index < -0.39 is 17.1 Å². The van der Waals surface area contributed by atoms with Gasteiger partial charge in [0.2, 0.25) is 5.91 Å². The fourth-order valence-electron chi connectivity index (χ4n) is 3.22. The Bertz CT molecular complexity index is 1310. The summed E-state index contributed by atoms with van der Waals surface area (Å²) in [6.45, 7) is -0.0841. The van der Waals surface area contributed by atoms with Crippen LogP contribution in [0.2, 0.25) is 5.02 Å². The van der Waals surface area contributed by atoms with E-state index in [1.54, 1.807) is 48.5 Å². The van der Waals surface area contributed by atoms with E-state index in [-0.39, 0.29) is 18.1 Å². The van der Waals surface area contributed by atoms with E-state index in [4.69, 9.17) is 16.3 Å². The summed E-state index contributed by atoms with van der Waals surface area (Å²) in [6, 6.07) is 19.8. The number of amides is 3. The molecular weight excluding hydrogens is 620 g/mol. The predicted molar refractivity (Wildman–Crippen MR) is 145 cm³/mol. The summed E-state index contributed by atoms with van der Waals surface area (Å²) in [5.74, 6) is -0.396. The number of hydrogen-bond acceptors (Lipinski definition) is 5. The molecule has 0 radical (unpaired) electrons. The molecule has 0 bridgehead atoms. The van der Waals surface area contributed by atoms with Gasteiger partial charge in [0, 0.05) is 16.3 Å². The number of rotatable bonds is 7. The second-order valence-corrected chi connectivity index (χ2v) is 10.5. The van der Waals surface area contributed by atoms with Crippen molar-refractivity contribution in [2.24, 2.45) is 0 Å². The number of benzene rings is 3. The van der Waals surface area contributed by atoms with E-state index in [0.717, 1.165) is 22.2 Å². The molecule has 3 aromatic rings. The lowest BCUT2D eigenvalue weighted by atomic mass is 10.2. The van der Waals surface area contributed by atoms with E-state index in [9.17, 15) is 14.4 Å². The van der Waals surface area contributed by atoms with Crippen molar-refractivity contribution in [1.29, 1.82) is 0 Å². The molecule has 0 atom stereocenters. The Labute approximate surface area is 227 Å². The van der Waals surface area contributed by atoms with E-state index in [2.05, 4.69) is 37.2 Å². The first-order valence-electron chi connectivity index (χ1n) is 10.3. The Hall–Kier alpha value is -2.59. The van der Waals surface area contributed by atoms with Gasteiger partial charge in [-0.05, 0) is 85.6 Å². The molecule has 0 unspecified atom stereocenters. The normalized spacial score (nSPS) is 14.5. The van der Waals surface area contributed by atoms with E-state index in [1.165, 1.54) is 0 Å². The Morgan fingerprint density at radius 2 is 1.69 bits per heavy atom. The molecule has 3 amide bonds. The van der Waals surface area contributed by atoms with Crippen molar-refractivity contribution < 1.29 is 19.1 Å². The Balaban J connectivity index is 1.45. The maximum atomic E-state index is 12.8. The highest BCUT2D eigenvalue weighted by molar-refractivity contribution is 9.11. The Morgan fingerprint density at radius 3 is 2.37 bits per heavy atom. The lowest BCUT2D eigenvalue weighted by Gasteiger charge is -2.13. The molecule has 1 saturated heterocycles. The number of halogens is 3. The maximum Gasteiger partial charge on any atom is 0.294 e. The fourth-order valence-corrected chi connectivity index (χ4v) is 5.70. The van der Waals surface area contributed by atoms with Gasteiger partial charge in [-0.3, -0.25) is 19.3 Å². The van der Waals surface area contributed by atoms with Gasteiger partial charge in [0.25, 0.3) is 11.1 Å². The molecule has 1 fully saturated rings. The molecule has 6 nitrogen and oxygen atoms in total. The predicted octanol–water partition coefficient (Wildman–Crippen LogP) is 7.12. The van der Waals surface area contributed by atoms with Crippen LogP contribution < -0.4 is 10.1 Å². The molecule has 1 heterocycles. The maximum absolute atomic E-state index is 12.8. The van der Waals surface area contributed by atoms with Gasteiger partial charge >= 0.3 is 0 Å². The molecule has 10 heteroatoms. The quantitative estimate of drug-likeness (QED) is 0.280. The van der Waals surface area contributed by atoms with Gasteiger partial charge in [-0.1, -0.05) is 48.0 Å². The molecule has 0 aromatic heterocycles. The number of ether oxygens (including phenoxy) is 1. The highest BCUT2D eigenvalue weighted by atomic mass is 79.9. The molecule has 1 aliphatic heterocycles. The highest BCUT2D eigenvalue weighted by Gasteiger charge is 2.36. The molecule has 35 heavy (non-hydrogen) atoms. The van der Waals surface area contributed by atoms with Crippen LogP contribution >= 0.6 is 55.2 Å². The zero-order chi connectivity index (χ0) is 24.9. The molecule has 0 aliphatic carbocycles. The first-order valence-corrected chi connectivity index (χ1v) is 13.1. The van der Waals surface area contributed by atoms with E-state index in [0.29, 0.717) is 31.0 Å². The van der Waals surface area contributed by atoms with Gasteiger partial charge in [-0.2, -0.15) is 0 Å². The fraction of sp³-hybridized carbons (Fsp3) is 0.0800. The first-order chi connectivity index (χ1) is 16.8. The molecule has 0 saturated carbocycles. The van der Waals surface area contributed by atoms with E-state index in [1.807, 2.05) is 24.3 Å². The monoisotopic (exact) mass is 634 g/mol. The van der Waals surface area contributed by atoms with Crippen molar-refractivity contribution in [2.45, 2.75) is 6.61 Å². The van der Waals surface area contributed by atoms with Crippen molar-refractivity contribution in [3.8, 4) is 5.75 Å². The van der Waals surface area contributed by atoms with Crippen LogP contribution in [-0.4, -0.2) is 28.5 Å². The number of thioether (sulfide) groups is 1. The van der Waals surface area contributed by atoms with Crippen molar-refractivity contribution >= 4 is 84.0 Å². The smallest absolute Gasteiger partial charge is 0.294 e. The van der Waals surface area contributed by atoms with Gasteiger partial charge in [0.15, 0.2) is 0 Å². The molecule has 1 N–H and O–H groups in total. The van der Waals surface area contributed by atoms with Crippen LogP contribution in [-0.2, 0) is 16.2 Å². The minimum atomic E-state index is -0.519. The SMILES string of the molecule is O=C(CN1C(=O)S/C(=C\c2cc(Br)c(OCc3ccccc3Cl)c(Br)c2)C1=O)Nc1ccccc1. The third-order valence-corrected chi connectivity index (χ3v) is 7.34. The number of para-hydroxylation sites is 1. The van der Waals surface area contributed by atoms with Crippen LogP contribution in [0.25, 0.3) is 6.08 Å². The Morgan fingerprint density at radius 1 is 1.03 bits per heavy atom. The van der Waals surface area contributed by atoms with Crippen LogP contribution in [0.3, 0.4) is 0 Å². The average molecular weight is 637 g/mol. The largest absolute Gasteiger partial charge is 0.486 e. The molecular formula is C25H17Br2ClN2O4S. The third-order valence-electron chi connectivity index (χ3n) is 4.88. The van der Waals surface area contributed by atoms with Crippen molar-refractivity contribution in [3.05, 3.63) is 96.7 Å². The molecule has 4 rings (SSSR count). The molecule has 0 spiro atoms. The van der Waals surface area contributed by atoms with Gasteiger partial charge < -0.3 is 10.1 Å². The van der Waals surface area contributed by atoms with Gasteiger partial charge in [-0.25, -0.2) is 0 Å². The van der Waals surface area contributed by atoms with Crippen LogP contribution in [0, 0.1) is 0 Å². The highest BCUT2D eigenvalue weighted by Crippen LogP contribution is 2.38. The van der Waals surface area contributed by atoms with E-state index >= 15 is 0 Å². The lowest BCUT2D eigenvalue weighted by Crippen LogP contribution is -2.36. The first kappa shape index (κ1) is 25.5. The van der Waals surface area contributed by atoms with Gasteiger partial charge in [0.05, 0.1) is 13.9 Å². The second kappa shape index (κ2) is 11.4. The summed E-state index contributed by atoms with van der Waals surface area (Å²) in [7, 11) is 0. The van der Waals surface area contributed by atoms with Gasteiger partial charge in [0.1, 0.15) is 18.9 Å². The number of anilines is 1. The van der Waals surface area contributed by atoms with Crippen molar-refractivity contribution in [2.75, 3.05) is 11.9 Å². The van der Waals surface area contributed by atoms with Crippen LogP contribution in [0.1, 0.15) is 11.1 Å². The minimum Gasteiger partial charge on any atom is -0.486 e. The zero-order valence-corrected chi connectivity index (χ0v) is 22.7. The number of imide groups is 1. The van der Waals surface area contributed by atoms with Crippen LogP contribution in [0.15, 0.2) is 80.6 Å². The number of nitrogens with zero attached hydrogens (tertiary/aromatic N) is 1. The zero-order valence-electron chi connectivity index (χ0n) is 18.0. The van der Waals surface area contributed by atoms with Crippen LogP contribution in [0.4, 0.5) is 10.5 Å². The third kappa shape index (κ3) is 6.35. The van der Waals surface area contributed by atoms with Crippen molar-refractivity contribution in [1.82, 2.24) is 4.90 Å². The molecule has 1 aliphatic rings. The summed E-state index contributed by atoms with van der Waals surface area (Å²) < 4.78 is 7.25. The standard InChI is InChI=1S/C25H17Br2ClN2O4S/c26-18-10-15(11-19(27)23(18)34-14-16-6-4-5-9-20(16)28)12-21-24(32)30(25(33)35-21)13-22(31)29-17-7-2-1-3-8-17/h1-12H,13-14H2,(H,29,31)/b21-12-.